The Hall–Kier alpha value is -2.28. The smallest absolute Gasteiger partial charge is 0.257 e. The SMILES string of the molecule is Cc1ccc(C(=O)Nc2cc(S(C)(=O)=O)ccc2F)cn1. The van der Waals surface area contributed by atoms with Gasteiger partial charge in [-0.05, 0) is 37.3 Å². The fourth-order valence-electron chi connectivity index (χ4n) is 1.63. The lowest BCUT2D eigenvalue weighted by molar-refractivity contribution is 0.102. The Labute approximate surface area is 121 Å². The van der Waals surface area contributed by atoms with Gasteiger partial charge in [-0.25, -0.2) is 12.8 Å². The van der Waals surface area contributed by atoms with Gasteiger partial charge in [0.25, 0.3) is 5.91 Å². The first kappa shape index (κ1) is 15.1. The fourth-order valence-corrected chi connectivity index (χ4v) is 2.27. The first-order chi connectivity index (χ1) is 9.77. The molecule has 2 aromatic rings. The molecule has 0 aliphatic carbocycles. The van der Waals surface area contributed by atoms with Crippen LogP contribution in [0.4, 0.5) is 10.1 Å². The van der Waals surface area contributed by atoms with Gasteiger partial charge in [-0.1, -0.05) is 0 Å². The van der Waals surface area contributed by atoms with Crippen LogP contribution in [0.25, 0.3) is 0 Å². The van der Waals surface area contributed by atoms with E-state index in [1.807, 2.05) is 0 Å². The molecule has 1 N–H and O–H groups in total. The summed E-state index contributed by atoms with van der Waals surface area (Å²) in [6.07, 6.45) is 2.37. The number of carbonyl (C=O) groups excluding carboxylic acids is 1. The Morgan fingerprint density at radius 3 is 2.52 bits per heavy atom. The quantitative estimate of drug-likeness (QED) is 0.882. The monoisotopic (exact) mass is 308 g/mol. The second kappa shape index (κ2) is 5.61. The third-order valence-corrected chi connectivity index (χ3v) is 3.90. The van der Waals surface area contributed by atoms with E-state index < -0.39 is 21.6 Å². The van der Waals surface area contributed by atoms with Crippen molar-refractivity contribution in [1.29, 1.82) is 0 Å². The van der Waals surface area contributed by atoms with Crippen LogP contribution in [0, 0.1) is 12.7 Å². The number of anilines is 1. The van der Waals surface area contributed by atoms with Crippen LogP contribution in [0.2, 0.25) is 0 Å². The van der Waals surface area contributed by atoms with Crippen LogP contribution in [0.1, 0.15) is 16.1 Å². The fraction of sp³-hybridized carbons (Fsp3) is 0.143. The molecule has 1 aromatic carbocycles. The van der Waals surface area contributed by atoms with Crippen LogP contribution in [-0.4, -0.2) is 25.6 Å². The van der Waals surface area contributed by atoms with E-state index in [9.17, 15) is 17.6 Å². The van der Waals surface area contributed by atoms with Crippen molar-refractivity contribution in [2.75, 3.05) is 11.6 Å². The van der Waals surface area contributed by atoms with E-state index in [1.165, 1.54) is 6.20 Å². The molecular formula is C14H13FN2O3S. The lowest BCUT2D eigenvalue weighted by Gasteiger charge is -2.08. The van der Waals surface area contributed by atoms with Gasteiger partial charge >= 0.3 is 0 Å². The molecule has 110 valence electrons. The second-order valence-electron chi connectivity index (χ2n) is 4.56. The van der Waals surface area contributed by atoms with E-state index in [0.717, 1.165) is 30.1 Å². The molecule has 21 heavy (non-hydrogen) atoms. The number of hydrogen-bond acceptors (Lipinski definition) is 4. The summed E-state index contributed by atoms with van der Waals surface area (Å²) in [5.74, 6) is -1.28. The molecule has 1 amide bonds. The molecule has 0 bridgehead atoms. The highest BCUT2D eigenvalue weighted by molar-refractivity contribution is 7.90. The van der Waals surface area contributed by atoms with Crippen molar-refractivity contribution in [3.05, 3.63) is 53.6 Å². The first-order valence-corrected chi connectivity index (χ1v) is 7.90. The van der Waals surface area contributed by atoms with Crippen molar-refractivity contribution < 1.29 is 17.6 Å². The molecule has 0 aliphatic rings. The second-order valence-corrected chi connectivity index (χ2v) is 6.57. The van der Waals surface area contributed by atoms with Crippen molar-refractivity contribution in [2.24, 2.45) is 0 Å². The number of halogens is 1. The summed E-state index contributed by atoms with van der Waals surface area (Å²) < 4.78 is 36.6. The van der Waals surface area contributed by atoms with E-state index in [-0.39, 0.29) is 16.1 Å². The number of amides is 1. The molecule has 0 fully saturated rings. The van der Waals surface area contributed by atoms with E-state index in [4.69, 9.17) is 0 Å². The van der Waals surface area contributed by atoms with Crippen molar-refractivity contribution in [2.45, 2.75) is 11.8 Å². The Kier molecular flexibility index (Phi) is 4.04. The molecule has 5 nitrogen and oxygen atoms in total. The number of carbonyl (C=O) groups is 1. The molecule has 0 radical (unpaired) electrons. The summed E-state index contributed by atoms with van der Waals surface area (Å²) in [5.41, 5.74) is 0.810. The number of hydrogen-bond donors (Lipinski definition) is 1. The zero-order valence-corrected chi connectivity index (χ0v) is 12.2. The third-order valence-electron chi connectivity index (χ3n) is 2.79. The molecule has 2 rings (SSSR count). The van der Waals surface area contributed by atoms with Crippen LogP contribution in [0.15, 0.2) is 41.4 Å². The predicted molar refractivity (Wildman–Crippen MR) is 76.4 cm³/mol. The van der Waals surface area contributed by atoms with Crippen molar-refractivity contribution in [1.82, 2.24) is 4.98 Å². The van der Waals surface area contributed by atoms with Gasteiger partial charge in [0.05, 0.1) is 16.1 Å². The van der Waals surface area contributed by atoms with Gasteiger partial charge < -0.3 is 5.32 Å². The minimum atomic E-state index is -3.48. The van der Waals surface area contributed by atoms with Gasteiger partial charge in [0.2, 0.25) is 0 Å². The molecule has 0 unspecified atom stereocenters. The largest absolute Gasteiger partial charge is 0.319 e. The van der Waals surface area contributed by atoms with E-state index in [2.05, 4.69) is 10.3 Å². The molecule has 0 aliphatic heterocycles. The van der Waals surface area contributed by atoms with E-state index >= 15 is 0 Å². The molecule has 0 spiro atoms. The highest BCUT2D eigenvalue weighted by Gasteiger charge is 2.14. The maximum absolute atomic E-state index is 13.7. The van der Waals surface area contributed by atoms with E-state index in [0.29, 0.717) is 0 Å². The number of nitrogens with zero attached hydrogens (tertiary/aromatic N) is 1. The molecule has 0 atom stereocenters. The van der Waals surface area contributed by atoms with Gasteiger partial charge in [0.1, 0.15) is 5.82 Å². The Morgan fingerprint density at radius 2 is 1.95 bits per heavy atom. The molecule has 0 saturated carbocycles. The summed E-state index contributed by atoms with van der Waals surface area (Å²) in [6.45, 7) is 1.77. The minimum absolute atomic E-state index is 0.0683. The zero-order chi connectivity index (χ0) is 15.6. The number of aromatic nitrogens is 1. The number of aryl methyl sites for hydroxylation is 1. The van der Waals surface area contributed by atoms with Crippen LogP contribution < -0.4 is 5.32 Å². The summed E-state index contributed by atoms with van der Waals surface area (Å²) >= 11 is 0. The molecular weight excluding hydrogens is 295 g/mol. The van der Waals surface area contributed by atoms with Crippen LogP contribution >= 0.6 is 0 Å². The van der Waals surface area contributed by atoms with E-state index in [1.54, 1.807) is 19.1 Å². The summed E-state index contributed by atoms with van der Waals surface area (Å²) in [7, 11) is -3.48. The maximum Gasteiger partial charge on any atom is 0.257 e. The highest BCUT2D eigenvalue weighted by Crippen LogP contribution is 2.20. The average Bonchev–Trinajstić information content (AvgIpc) is 2.40. The summed E-state index contributed by atoms with van der Waals surface area (Å²) in [6, 6.07) is 6.44. The Morgan fingerprint density at radius 1 is 1.24 bits per heavy atom. The highest BCUT2D eigenvalue weighted by atomic mass is 32.2. The molecule has 1 aromatic heterocycles. The van der Waals surface area contributed by atoms with Crippen LogP contribution in [0.3, 0.4) is 0 Å². The number of sulfone groups is 1. The van der Waals surface area contributed by atoms with Gasteiger partial charge in [-0.15, -0.1) is 0 Å². The van der Waals surface area contributed by atoms with Gasteiger partial charge in [0.15, 0.2) is 9.84 Å². The zero-order valence-electron chi connectivity index (χ0n) is 11.4. The van der Waals surface area contributed by atoms with Gasteiger partial charge in [-0.2, -0.15) is 0 Å². The molecule has 7 heteroatoms. The third kappa shape index (κ3) is 3.63. The number of rotatable bonds is 3. The maximum atomic E-state index is 13.7. The topological polar surface area (TPSA) is 76.1 Å². The lowest BCUT2D eigenvalue weighted by atomic mass is 10.2. The van der Waals surface area contributed by atoms with Crippen LogP contribution in [0.5, 0.6) is 0 Å². The molecule has 0 saturated heterocycles. The summed E-state index contributed by atoms with van der Waals surface area (Å²) in [4.78, 5) is 15.9. The number of pyridine rings is 1. The van der Waals surface area contributed by atoms with Gasteiger partial charge in [-0.3, -0.25) is 9.78 Å². The van der Waals surface area contributed by atoms with Gasteiger partial charge in [0, 0.05) is 18.1 Å². The normalized spacial score (nSPS) is 11.2. The average molecular weight is 308 g/mol. The molecule has 1 heterocycles. The van der Waals surface area contributed by atoms with Crippen molar-refractivity contribution >= 4 is 21.4 Å². The number of benzene rings is 1. The Bertz CT molecular complexity index is 786. The van der Waals surface area contributed by atoms with Crippen LogP contribution in [-0.2, 0) is 9.84 Å². The predicted octanol–water partition coefficient (Wildman–Crippen LogP) is 2.18. The number of nitrogens with one attached hydrogen (secondary N) is 1. The lowest BCUT2D eigenvalue weighted by Crippen LogP contribution is -2.14. The van der Waals surface area contributed by atoms with Crippen molar-refractivity contribution in [3.63, 3.8) is 0 Å². The van der Waals surface area contributed by atoms with Crippen molar-refractivity contribution in [3.8, 4) is 0 Å². The standard InChI is InChI=1S/C14H13FN2O3S/c1-9-3-4-10(8-16-9)14(18)17-13-7-11(21(2,19)20)5-6-12(13)15/h3-8H,1-2H3,(H,17,18). The minimum Gasteiger partial charge on any atom is -0.319 e. The first-order valence-electron chi connectivity index (χ1n) is 6.01. The summed E-state index contributed by atoms with van der Waals surface area (Å²) in [5, 5.41) is 2.34. The Balaban J connectivity index is 2.31.